The number of sulfonamides is 1. The first-order valence-corrected chi connectivity index (χ1v) is 8.75. The lowest BCUT2D eigenvalue weighted by atomic mass is 10.2. The van der Waals surface area contributed by atoms with Crippen molar-refractivity contribution in [3.8, 4) is 0 Å². The highest BCUT2D eigenvalue weighted by Crippen LogP contribution is 2.23. The Morgan fingerprint density at radius 2 is 1.95 bits per heavy atom. The molecule has 116 valence electrons. The first-order chi connectivity index (χ1) is 10.0. The Balaban J connectivity index is 2.55. The summed E-state index contributed by atoms with van der Waals surface area (Å²) in [6.07, 6.45) is 3.22. The van der Waals surface area contributed by atoms with Gasteiger partial charge in [-0.25, -0.2) is 18.1 Å². The van der Waals surface area contributed by atoms with E-state index in [4.69, 9.17) is 0 Å². The normalized spacial score (nSPS) is 12.2. The summed E-state index contributed by atoms with van der Waals surface area (Å²) in [5.74, 6) is 0.391. The van der Waals surface area contributed by atoms with Gasteiger partial charge in [0.2, 0.25) is 0 Å². The molecule has 0 fully saturated rings. The van der Waals surface area contributed by atoms with Crippen LogP contribution in [0.4, 0.5) is 5.82 Å². The Kier molecular flexibility index (Phi) is 4.84. The minimum absolute atomic E-state index is 0.0706. The molecule has 7 heteroatoms. The maximum Gasteiger partial charge on any atom is 0.260 e. The molecule has 0 radical (unpaired) electrons. The summed E-state index contributed by atoms with van der Waals surface area (Å²) in [5, 5.41) is 3.20. The predicted molar refractivity (Wildman–Crippen MR) is 84.0 cm³/mol. The highest BCUT2D eigenvalue weighted by Gasteiger charge is 2.26. The number of anilines is 1. The number of nitrogens with one attached hydrogen (secondary N) is 2. The summed E-state index contributed by atoms with van der Waals surface area (Å²) in [6.45, 7) is 6.46. The van der Waals surface area contributed by atoms with Crippen LogP contribution in [0.1, 0.15) is 33.6 Å². The first kappa shape index (κ1) is 15.8. The zero-order valence-electron chi connectivity index (χ0n) is 12.6. The Labute approximate surface area is 125 Å². The monoisotopic (exact) mass is 310 g/mol. The quantitative estimate of drug-likeness (QED) is 0.822. The van der Waals surface area contributed by atoms with Crippen LogP contribution in [-0.4, -0.2) is 30.4 Å². The molecular weight excluding hydrogens is 288 g/mol. The van der Waals surface area contributed by atoms with E-state index in [0.29, 0.717) is 18.0 Å². The Morgan fingerprint density at radius 1 is 1.24 bits per heavy atom. The van der Waals surface area contributed by atoms with Crippen LogP contribution in [-0.2, 0) is 10.0 Å². The van der Waals surface area contributed by atoms with Crippen molar-refractivity contribution >= 4 is 21.5 Å². The second kappa shape index (κ2) is 6.44. The summed E-state index contributed by atoms with van der Waals surface area (Å²) in [4.78, 5) is 4.36. The zero-order chi connectivity index (χ0) is 15.5. The summed E-state index contributed by atoms with van der Waals surface area (Å²) >= 11 is 0. The molecule has 2 heterocycles. The second-order valence-corrected chi connectivity index (χ2v) is 6.49. The van der Waals surface area contributed by atoms with E-state index in [-0.39, 0.29) is 11.1 Å². The Morgan fingerprint density at radius 3 is 2.57 bits per heavy atom. The minimum atomic E-state index is -3.63. The first-order valence-electron chi connectivity index (χ1n) is 7.26. The number of pyridine rings is 1. The molecule has 2 rings (SSSR count). The summed E-state index contributed by atoms with van der Waals surface area (Å²) in [5.41, 5.74) is 0.610. The van der Waals surface area contributed by atoms with Crippen LogP contribution in [0.3, 0.4) is 0 Å². The van der Waals surface area contributed by atoms with Gasteiger partial charge in [0, 0.05) is 18.8 Å². The lowest BCUT2D eigenvalue weighted by molar-refractivity contribution is 0.527. The molecule has 0 unspecified atom stereocenters. The van der Waals surface area contributed by atoms with Crippen molar-refractivity contribution in [3.05, 3.63) is 24.4 Å². The molecule has 0 aliphatic carbocycles. The van der Waals surface area contributed by atoms with E-state index in [1.54, 1.807) is 22.7 Å². The van der Waals surface area contributed by atoms with E-state index in [0.717, 1.165) is 12.8 Å². The highest BCUT2D eigenvalue weighted by atomic mass is 32.2. The SMILES string of the molecule is CCNc1nc2ccccn2c1S(=O)(=O)NC(CC)CC. The van der Waals surface area contributed by atoms with Crippen LogP contribution in [0.2, 0.25) is 0 Å². The molecule has 21 heavy (non-hydrogen) atoms. The van der Waals surface area contributed by atoms with Gasteiger partial charge in [0.05, 0.1) is 0 Å². The van der Waals surface area contributed by atoms with Crippen molar-refractivity contribution in [1.29, 1.82) is 0 Å². The van der Waals surface area contributed by atoms with E-state index in [1.807, 2.05) is 26.8 Å². The Bertz CT molecular complexity index is 705. The van der Waals surface area contributed by atoms with Gasteiger partial charge in [-0.05, 0) is 31.9 Å². The van der Waals surface area contributed by atoms with Crippen molar-refractivity contribution in [3.63, 3.8) is 0 Å². The molecule has 0 bridgehead atoms. The average Bonchev–Trinajstić information content (AvgIpc) is 2.84. The van der Waals surface area contributed by atoms with Gasteiger partial charge in [-0.15, -0.1) is 0 Å². The Hall–Kier alpha value is -1.60. The lowest BCUT2D eigenvalue weighted by Crippen LogP contribution is -2.34. The molecule has 6 nitrogen and oxygen atoms in total. The molecule has 0 amide bonds. The number of rotatable bonds is 7. The summed E-state index contributed by atoms with van der Waals surface area (Å²) < 4.78 is 29.8. The van der Waals surface area contributed by atoms with Crippen molar-refractivity contribution in [1.82, 2.24) is 14.1 Å². The maximum atomic E-state index is 12.7. The molecular formula is C14H22N4O2S. The number of aromatic nitrogens is 2. The molecule has 0 saturated carbocycles. The number of hydrogen-bond donors (Lipinski definition) is 2. The third kappa shape index (κ3) is 3.19. The van der Waals surface area contributed by atoms with Crippen LogP contribution in [0, 0.1) is 0 Å². The molecule has 0 aromatic carbocycles. The molecule has 0 aliphatic rings. The van der Waals surface area contributed by atoms with Crippen molar-refractivity contribution < 1.29 is 8.42 Å². The van der Waals surface area contributed by atoms with Crippen LogP contribution >= 0.6 is 0 Å². The van der Waals surface area contributed by atoms with Gasteiger partial charge in [-0.3, -0.25) is 4.40 Å². The van der Waals surface area contributed by atoms with Crippen LogP contribution in [0.25, 0.3) is 5.65 Å². The molecule has 2 N–H and O–H groups in total. The van der Waals surface area contributed by atoms with E-state index < -0.39 is 10.0 Å². The molecule has 2 aromatic rings. The molecule has 0 atom stereocenters. The van der Waals surface area contributed by atoms with E-state index in [9.17, 15) is 8.42 Å². The summed E-state index contributed by atoms with van der Waals surface area (Å²) in [7, 11) is -3.63. The van der Waals surface area contributed by atoms with Gasteiger partial charge >= 0.3 is 0 Å². The fourth-order valence-corrected chi connectivity index (χ4v) is 3.91. The third-order valence-electron chi connectivity index (χ3n) is 3.39. The maximum absolute atomic E-state index is 12.7. The van der Waals surface area contributed by atoms with Gasteiger partial charge in [0.15, 0.2) is 10.8 Å². The lowest BCUT2D eigenvalue weighted by Gasteiger charge is -2.15. The van der Waals surface area contributed by atoms with Crippen LogP contribution in [0.5, 0.6) is 0 Å². The zero-order valence-corrected chi connectivity index (χ0v) is 13.4. The highest BCUT2D eigenvalue weighted by molar-refractivity contribution is 7.89. The smallest absolute Gasteiger partial charge is 0.260 e. The number of imidazole rings is 1. The molecule has 0 spiro atoms. The number of fused-ring (bicyclic) bond motifs is 1. The third-order valence-corrected chi connectivity index (χ3v) is 4.94. The largest absolute Gasteiger partial charge is 0.368 e. The van der Waals surface area contributed by atoms with Crippen molar-refractivity contribution in [2.24, 2.45) is 0 Å². The second-order valence-electron chi connectivity index (χ2n) is 4.86. The van der Waals surface area contributed by atoms with Crippen molar-refractivity contribution in [2.75, 3.05) is 11.9 Å². The van der Waals surface area contributed by atoms with Gasteiger partial charge < -0.3 is 5.32 Å². The van der Waals surface area contributed by atoms with Gasteiger partial charge in [-0.1, -0.05) is 19.9 Å². The molecule has 2 aromatic heterocycles. The molecule has 0 aliphatic heterocycles. The topological polar surface area (TPSA) is 75.5 Å². The van der Waals surface area contributed by atoms with Crippen LogP contribution < -0.4 is 10.0 Å². The predicted octanol–water partition coefficient (Wildman–Crippen LogP) is 2.23. The summed E-state index contributed by atoms with van der Waals surface area (Å²) in [6, 6.07) is 5.35. The minimum Gasteiger partial charge on any atom is -0.368 e. The fraction of sp³-hybridized carbons (Fsp3) is 0.500. The van der Waals surface area contributed by atoms with Gasteiger partial charge in [-0.2, -0.15) is 0 Å². The van der Waals surface area contributed by atoms with Crippen LogP contribution in [0.15, 0.2) is 29.4 Å². The van der Waals surface area contributed by atoms with Gasteiger partial charge in [0.25, 0.3) is 10.0 Å². The van der Waals surface area contributed by atoms with E-state index in [1.165, 1.54) is 0 Å². The van der Waals surface area contributed by atoms with E-state index >= 15 is 0 Å². The number of nitrogens with zero attached hydrogens (tertiary/aromatic N) is 2. The molecule has 0 saturated heterocycles. The average molecular weight is 310 g/mol. The van der Waals surface area contributed by atoms with E-state index in [2.05, 4.69) is 15.0 Å². The van der Waals surface area contributed by atoms with Crippen molar-refractivity contribution in [2.45, 2.75) is 44.7 Å². The van der Waals surface area contributed by atoms with Gasteiger partial charge in [0.1, 0.15) is 5.65 Å². The number of hydrogen-bond acceptors (Lipinski definition) is 4. The standard InChI is InChI=1S/C14H22N4O2S/c1-4-11(5-2)17-21(19,20)14-13(15-6-3)16-12-9-7-8-10-18(12)14/h7-11,15,17H,4-6H2,1-3H3. The fourth-order valence-electron chi connectivity index (χ4n) is 2.24.